The van der Waals surface area contributed by atoms with Crippen molar-refractivity contribution >= 4 is 15.8 Å². The smallest absolute Gasteiger partial charge is 0.213 e. The Kier molecular flexibility index (Phi) is 7.48. The van der Waals surface area contributed by atoms with Crippen LogP contribution in [-0.2, 0) is 22.9 Å². The molecular weight excluding hydrogens is 448 g/mol. The molecular formula is C26H32N4O3S. The highest BCUT2D eigenvalue weighted by Crippen LogP contribution is 2.29. The molecule has 1 aromatic heterocycles. The molecule has 1 fully saturated rings. The predicted molar refractivity (Wildman–Crippen MR) is 136 cm³/mol. The first-order valence-corrected chi connectivity index (χ1v) is 13.4. The highest BCUT2D eigenvalue weighted by molar-refractivity contribution is 7.89. The van der Waals surface area contributed by atoms with Gasteiger partial charge in [0.25, 0.3) is 0 Å². The molecule has 0 saturated carbocycles. The van der Waals surface area contributed by atoms with E-state index in [1.807, 2.05) is 42.5 Å². The largest absolute Gasteiger partial charge is 0.497 e. The fourth-order valence-corrected chi connectivity index (χ4v) is 5.36. The van der Waals surface area contributed by atoms with E-state index in [1.54, 1.807) is 18.3 Å². The maximum atomic E-state index is 12.4. The van der Waals surface area contributed by atoms with E-state index in [2.05, 4.69) is 24.0 Å². The van der Waals surface area contributed by atoms with Crippen molar-refractivity contribution in [1.82, 2.24) is 14.3 Å². The van der Waals surface area contributed by atoms with Gasteiger partial charge in [0.05, 0.1) is 12.9 Å². The number of methoxy groups -OCH3 is 1. The van der Waals surface area contributed by atoms with Crippen LogP contribution in [0.5, 0.6) is 5.75 Å². The number of hydrogen-bond donors (Lipinski definition) is 0. The van der Waals surface area contributed by atoms with Crippen molar-refractivity contribution < 1.29 is 13.2 Å². The number of hydrogen-bond acceptors (Lipinski definition) is 6. The maximum Gasteiger partial charge on any atom is 0.213 e. The molecule has 180 valence electrons. The lowest BCUT2D eigenvalue weighted by Gasteiger charge is -2.36. The van der Waals surface area contributed by atoms with Gasteiger partial charge in [0, 0.05) is 49.4 Å². The summed E-state index contributed by atoms with van der Waals surface area (Å²) in [6, 6.07) is 18.1. The van der Waals surface area contributed by atoms with Gasteiger partial charge in [-0.05, 0) is 31.0 Å². The van der Waals surface area contributed by atoms with Gasteiger partial charge < -0.3 is 9.64 Å². The van der Waals surface area contributed by atoms with Gasteiger partial charge in [-0.1, -0.05) is 49.4 Å². The monoisotopic (exact) mass is 480 g/mol. The van der Waals surface area contributed by atoms with Crippen molar-refractivity contribution in [2.75, 3.05) is 43.9 Å². The fraction of sp³-hybridized carbons (Fsp3) is 0.385. The number of nitrogens with zero attached hydrogens (tertiary/aromatic N) is 4. The van der Waals surface area contributed by atoms with Crippen molar-refractivity contribution in [1.29, 1.82) is 0 Å². The van der Waals surface area contributed by atoms with E-state index in [0.717, 1.165) is 40.4 Å². The van der Waals surface area contributed by atoms with Crippen molar-refractivity contribution in [3.05, 3.63) is 71.4 Å². The Labute approximate surface area is 202 Å². The van der Waals surface area contributed by atoms with Crippen LogP contribution in [0.2, 0.25) is 0 Å². The standard InChI is InChI=1S/C26H32N4O3S/c1-4-24-23(19-20-11-13-22(33-3)14-12-20)26(28-25(27-24)21-9-7-6-8-10-21)29-15-17-30(18-16-29)34(31,32)5-2/h6-14H,4-5,15-19H2,1-3H3. The average molecular weight is 481 g/mol. The van der Waals surface area contributed by atoms with Crippen LogP contribution in [0.1, 0.15) is 30.7 Å². The summed E-state index contributed by atoms with van der Waals surface area (Å²) < 4.78 is 31.6. The molecule has 0 radical (unpaired) electrons. The summed E-state index contributed by atoms with van der Waals surface area (Å²) >= 11 is 0. The van der Waals surface area contributed by atoms with Crippen molar-refractivity contribution in [2.24, 2.45) is 0 Å². The molecule has 0 N–H and O–H groups in total. The second-order valence-corrected chi connectivity index (χ2v) is 10.6. The van der Waals surface area contributed by atoms with E-state index >= 15 is 0 Å². The number of anilines is 1. The first-order valence-electron chi connectivity index (χ1n) is 11.8. The molecule has 1 aliphatic heterocycles. The maximum absolute atomic E-state index is 12.4. The van der Waals surface area contributed by atoms with E-state index in [9.17, 15) is 8.42 Å². The lowest BCUT2D eigenvalue weighted by Crippen LogP contribution is -2.49. The number of benzene rings is 2. The highest BCUT2D eigenvalue weighted by Gasteiger charge is 2.28. The molecule has 0 unspecified atom stereocenters. The highest BCUT2D eigenvalue weighted by atomic mass is 32.2. The van der Waals surface area contributed by atoms with Crippen LogP contribution in [0, 0.1) is 0 Å². The van der Waals surface area contributed by atoms with Gasteiger partial charge in [0.2, 0.25) is 10.0 Å². The minimum Gasteiger partial charge on any atom is -0.497 e. The number of rotatable bonds is 8. The lowest BCUT2D eigenvalue weighted by molar-refractivity contribution is 0.384. The lowest BCUT2D eigenvalue weighted by atomic mass is 10.0. The van der Waals surface area contributed by atoms with E-state index < -0.39 is 10.0 Å². The van der Waals surface area contributed by atoms with Gasteiger partial charge in [-0.25, -0.2) is 18.4 Å². The molecule has 8 heteroatoms. The molecule has 0 aliphatic carbocycles. The van der Waals surface area contributed by atoms with Crippen molar-refractivity contribution in [3.8, 4) is 17.1 Å². The van der Waals surface area contributed by atoms with Crippen molar-refractivity contribution in [2.45, 2.75) is 26.7 Å². The molecule has 2 heterocycles. The van der Waals surface area contributed by atoms with Gasteiger partial charge in [-0.15, -0.1) is 0 Å². The molecule has 0 atom stereocenters. The Bertz CT molecular complexity index is 1210. The third kappa shape index (κ3) is 5.23. The number of aromatic nitrogens is 2. The summed E-state index contributed by atoms with van der Waals surface area (Å²) in [7, 11) is -1.53. The van der Waals surface area contributed by atoms with Gasteiger partial charge in [-0.2, -0.15) is 4.31 Å². The van der Waals surface area contributed by atoms with E-state index in [4.69, 9.17) is 14.7 Å². The summed E-state index contributed by atoms with van der Waals surface area (Å²) in [4.78, 5) is 12.2. The number of ether oxygens (including phenoxy) is 1. The van der Waals surface area contributed by atoms with Crippen LogP contribution in [0.3, 0.4) is 0 Å². The van der Waals surface area contributed by atoms with Crippen molar-refractivity contribution in [3.63, 3.8) is 0 Å². The van der Waals surface area contributed by atoms with E-state index in [1.165, 1.54) is 0 Å². The van der Waals surface area contributed by atoms with Gasteiger partial charge >= 0.3 is 0 Å². The summed E-state index contributed by atoms with van der Waals surface area (Å²) in [5, 5.41) is 0. The SMILES string of the molecule is CCc1nc(-c2ccccc2)nc(N2CCN(S(=O)(=O)CC)CC2)c1Cc1ccc(OC)cc1. The summed E-state index contributed by atoms with van der Waals surface area (Å²) in [5.41, 5.74) is 4.24. The second kappa shape index (κ2) is 10.5. The minimum atomic E-state index is -3.19. The molecule has 1 aliphatic rings. The Balaban J connectivity index is 1.73. The zero-order valence-electron chi connectivity index (χ0n) is 20.1. The Morgan fingerprint density at radius 3 is 2.18 bits per heavy atom. The molecule has 0 bridgehead atoms. The molecule has 1 saturated heterocycles. The molecule has 3 aromatic rings. The van der Waals surface area contributed by atoms with Gasteiger partial charge in [-0.3, -0.25) is 0 Å². The average Bonchev–Trinajstić information content (AvgIpc) is 2.89. The number of piperazine rings is 1. The van der Waals surface area contributed by atoms with E-state index in [-0.39, 0.29) is 5.75 Å². The van der Waals surface area contributed by atoms with Crippen LogP contribution in [-0.4, -0.2) is 61.7 Å². The second-order valence-electron chi connectivity index (χ2n) is 8.33. The van der Waals surface area contributed by atoms with Crippen LogP contribution in [0.4, 0.5) is 5.82 Å². The molecule has 7 nitrogen and oxygen atoms in total. The third-order valence-electron chi connectivity index (χ3n) is 6.27. The fourth-order valence-electron chi connectivity index (χ4n) is 4.28. The van der Waals surface area contributed by atoms with E-state index in [0.29, 0.717) is 38.4 Å². The quantitative estimate of drug-likeness (QED) is 0.489. The summed E-state index contributed by atoms with van der Waals surface area (Å²) in [6.45, 7) is 5.93. The summed E-state index contributed by atoms with van der Waals surface area (Å²) in [6.07, 6.45) is 1.48. The normalized spacial score (nSPS) is 14.9. The first-order chi connectivity index (χ1) is 16.4. The van der Waals surface area contributed by atoms with Crippen LogP contribution in [0.15, 0.2) is 54.6 Å². The Morgan fingerprint density at radius 2 is 1.59 bits per heavy atom. The molecule has 0 amide bonds. The predicted octanol–water partition coefficient (Wildman–Crippen LogP) is 3.78. The molecule has 4 rings (SSSR count). The van der Waals surface area contributed by atoms with Crippen LogP contribution in [0.25, 0.3) is 11.4 Å². The van der Waals surface area contributed by atoms with Gasteiger partial charge in [0.15, 0.2) is 5.82 Å². The van der Waals surface area contributed by atoms with Crippen LogP contribution < -0.4 is 9.64 Å². The zero-order valence-corrected chi connectivity index (χ0v) is 20.9. The molecule has 0 spiro atoms. The first kappa shape index (κ1) is 24.2. The van der Waals surface area contributed by atoms with Crippen LogP contribution >= 0.6 is 0 Å². The Morgan fingerprint density at radius 1 is 0.912 bits per heavy atom. The summed E-state index contributed by atoms with van der Waals surface area (Å²) in [5.74, 6) is 2.55. The molecule has 2 aromatic carbocycles. The number of aryl methyl sites for hydroxylation is 1. The third-order valence-corrected chi connectivity index (χ3v) is 8.16. The zero-order chi connectivity index (χ0) is 24.1. The molecule has 34 heavy (non-hydrogen) atoms. The number of sulfonamides is 1. The topological polar surface area (TPSA) is 75.6 Å². The van der Waals surface area contributed by atoms with Gasteiger partial charge in [0.1, 0.15) is 11.6 Å². The minimum absolute atomic E-state index is 0.126. The Hall–Kier alpha value is -2.97.